The summed E-state index contributed by atoms with van der Waals surface area (Å²) < 4.78 is 11.5. The number of benzene rings is 2. The Morgan fingerprint density at radius 1 is 0.963 bits per heavy atom. The molecular weight excluding hydrogens is 381 g/mol. The zero-order valence-electron chi connectivity index (χ0n) is 15.9. The van der Waals surface area contributed by atoms with Gasteiger partial charge in [0.2, 0.25) is 0 Å². The Balaban J connectivity index is 0.00000261. The summed E-state index contributed by atoms with van der Waals surface area (Å²) in [5, 5.41) is 4.42. The van der Waals surface area contributed by atoms with E-state index in [-0.39, 0.29) is 12.4 Å². The lowest BCUT2D eigenvalue weighted by Gasteiger charge is -2.17. The van der Waals surface area contributed by atoms with Crippen molar-refractivity contribution in [3.8, 4) is 11.5 Å². The van der Waals surface area contributed by atoms with Crippen molar-refractivity contribution >= 4 is 24.0 Å². The maximum absolute atomic E-state index is 6.03. The Bertz CT molecular complexity index is 700. The predicted molar refractivity (Wildman–Crippen MR) is 114 cm³/mol. The Morgan fingerprint density at radius 2 is 1.74 bits per heavy atom. The average Bonchev–Trinajstić information content (AvgIpc) is 2.94. The molecule has 2 aromatic carbocycles. The Morgan fingerprint density at radius 3 is 2.44 bits per heavy atom. The van der Waals surface area contributed by atoms with Gasteiger partial charge in [-0.1, -0.05) is 55.5 Å². The molecule has 148 valence electrons. The van der Waals surface area contributed by atoms with Crippen LogP contribution in [-0.4, -0.2) is 13.2 Å². The number of hydrogen-bond acceptors (Lipinski definition) is 3. The lowest BCUT2D eigenvalue weighted by Crippen LogP contribution is -2.27. The maximum Gasteiger partial charge on any atom is 0.161 e. The average molecular weight is 410 g/mol. The fourth-order valence-corrected chi connectivity index (χ4v) is 3.69. The Hall–Kier alpha value is -1.42. The summed E-state index contributed by atoms with van der Waals surface area (Å²) in [5.74, 6) is 1.53. The molecule has 1 aliphatic rings. The van der Waals surface area contributed by atoms with Crippen LogP contribution in [0.4, 0.5) is 0 Å². The van der Waals surface area contributed by atoms with E-state index in [1.54, 1.807) is 7.11 Å². The first-order valence-electron chi connectivity index (χ1n) is 9.52. The first-order chi connectivity index (χ1) is 12.7. The van der Waals surface area contributed by atoms with Crippen LogP contribution in [0.15, 0.2) is 42.5 Å². The Kier molecular flexibility index (Phi) is 9.26. The van der Waals surface area contributed by atoms with Gasteiger partial charge in [-0.05, 0) is 48.2 Å². The second kappa shape index (κ2) is 11.4. The van der Waals surface area contributed by atoms with Crippen LogP contribution in [0.1, 0.15) is 49.7 Å². The van der Waals surface area contributed by atoms with Crippen molar-refractivity contribution in [1.82, 2.24) is 5.32 Å². The highest BCUT2D eigenvalue weighted by molar-refractivity contribution is 6.30. The van der Waals surface area contributed by atoms with Crippen molar-refractivity contribution in [3.63, 3.8) is 0 Å². The molecule has 5 heteroatoms. The van der Waals surface area contributed by atoms with Gasteiger partial charge in [-0.25, -0.2) is 0 Å². The molecule has 27 heavy (non-hydrogen) atoms. The van der Waals surface area contributed by atoms with Crippen molar-refractivity contribution in [2.75, 3.05) is 7.11 Å². The summed E-state index contributed by atoms with van der Waals surface area (Å²) in [6.45, 7) is 1.34. The van der Waals surface area contributed by atoms with E-state index in [9.17, 15) is 0 Å². The molecule has 1 fully saturated rings. The zero-order valence-corrected chi connectivity index (χ0v) is 17.5. The summed E-state index contributed by atoms with van der Waals surface area (Å²) in [6, 6.07) is 14.5. The van der Waals surface area contributed by atoms with Gasteiger partial charge < -0.3 is 14.8 Å². The van der Waals surface area contributed by atoms with Crippen molar-refractivity contribution in [3.05, 3.63) is 58.6 Å². The minimum absolute atomic E-state index is 0. The smallest absolute Gasteiger partial charge is 0.161 e. The van der Waals surface area contributed by atoms with Gasteiger partial charge in [0.1, 0.15) is 6.61 Å². The Labute approximate surface area is 173 Å². The molecule has 3 nitrogen and oxygen atoms in total. The summed E-state index contributed by atoms with van der Waals surface area (Å²) in [6.07, 6.45) is 8.03. The van der Waals surface area contributed by atoms with E-state index in [1.165, 1.54) is 44.1 Å². The molecule has 0 saturated heterocycles. The number of hydrogen-bond donors (Lipinski definition) is 1. The second-order valence-corrected chi connectivity index (χ2v) is 7.41. The van der Waals surface area contributed by atoms with Gasteiger partial charge >= 0.3 is 0 Å². The molecule has 0 radical (unpaired) electrons. The third-order valence-electron chi connectivity index (χ3n) is 4.96. The largest absolute Gasteiger partial charge is 0.493 e. The van der Waals surface area contributed by atoms with Crippen LogP contribution in [0.3, 0.4) is 0 Å². The lowest BCUT2D eigenvalue weighted by molar-refractivity contribution is 0.284. The van der Waals surface area contributed by atoms with Crippen LogP contribution in [0.25, 0.3) is 0 Å². The standard InChI is InChI=1S/C22H28ClNO2.ClH/c1-25-22-14-17(15-24-20-9-4-2-3-5-10-20)11-12-21(22)26-16-18-7-6-8-19(23)13-18;/h6-8,11-14,20,24H,2-5,9-10,15-16H2,1H3;1H. The molecule has 3 rings (SSSR count). The molecule has 0 aliphatic heterocycles. The predicted octanol–water partition coefficient (Wildman–Crippen LogP) is 6.16. The monoisotopic (exact) mass is 409 g/mol. The quantitative estimate of drug-likeness (QED) is 0.555. The van der Waals surface area contributed by atoms with Gasteiger partial charge in [0.15, 0.2) is 11.5 Å². The van der Waals surface area contributed by atoms with Crippen molar-refractivity contribution in [2.24, 2.45) is 0 Å². The molecule has 0 atom stereocenters. The number of rotatable bonds is 7. The minimum atomic E-state index is 0. The van der Waals surface area contributed by atoms with Gasteiger partial charge in [0.05, 0.1) is 7.11 Å². The minimum Gasteiger partial charge on any atom is -0.493 e. The van der Waals surface area contributed by atoms with E-state index in [0.29, 0.717) is 12.6 Å². The van der Waals surface area contributed by atoms with E-state index < -0.39 is 0 Å². The van der Waals surface area contributed by atoms with Crippen LogP contribution >= 0.6 is 24.0 Å². The van der Waals surface area contributed by atoms with Gasteiger partial charge in [0, 0.05) is 17.6 Å². The number of nitrogens with one attached hydrogen (secondary N) is 1. The highest BCUT2D eigenvalue weighted by atomic mass is 35.5. The van der Waals surface area contributed by atoms with E-state index in [2.05, 4.69) is 17.4 Å². The van der Waals surface area contributed by atoms with Crippen molar-refractivity contribution in [1.29, 1.82) is 0 Å². The van der Waals surface area contributed by atoms with Crippen LogP contribution < -0.4 is 14.8 Å². The molecule has 0 amide bonds. The number of halogens is 2. The van der Waals surface area contributed by atoms with E-state index in [1.807, 2.05) is 30.3 Å². The van der Waals surface area contributed by atoms with Gasteiger partial charge in [-0.15, -0.1) is 12.4 Å². The van der Waals surface area contributed by atoms with E-state index >= 15 is 0 Å². The highest BCUT2D eigenvalue weighted by Gasteiger charge is 2.12. The van der Waals surface area contributed by atoms with Crippen LogP contribution in [-0.2, 0) is 13.2 Å². The highest BCUT2D eigenvalue weighted by Crippen LogP contribution is 2.29. The topological polar surface area (TPSA) is 30.5 Å². The third kappa shape index (κ3) is 6.91. The van der Waals surface area contributed by atoms with Crippen LogP contribution in [0.2, 0.25) is 5.02 Å². The first kappa shape index (κ1) is 21.9. The number of ether oxygens (including phenoxy) is 2. The molecule has 0 heterocycles. The van der Waals surface area contributed by atoms with E-state index in [0.717, 1.165) is 28.6 Å². The van der Waals surface area contributed by atoms with Crippen LogP contribution in [0.5, 0.6) is 11.5 Å². The SMILES string of the molecule is COc1cc(CNC2CCCCCC2)ccc1OCc1cccc(Cl)c1.Cl. The van der Waals surface area contributed by atoms with Gasteiger partial charge in [0.25, 0.3) is 0 Å². The molecule has 1 aliphatic carbocycles. The summed E-state index contributed by atoms with van der Waals surface area (Å²) >= 11 is 6.03. The molecule has 0 bridgehead atoms. The molecule has 2 aromatic rings. The third-order valence-corrected chi connectivity index (χ3v) is 5.20. The van der Waals surface area contributed by atoms with Crippen molar-refractivity contribution < 1.29 is 9.47 Å². The molecule has 0 aromatic heterocycles. The summed E-state index contributed by atoms with van der Waals surface area (Å²) in [7, 11) is 1.68. The lowest BCUT2D eigenvalue weighted by atomic mass is 10.1. The number of methoxy groups -OCH3 is 1. The maximum atomic E-state index is 6.03. The van der Waals surface area contributed by atoms with Gasteiger partial charge in [-0.3, -0.25) is 0 Å². The molecule has 1 saturated carbocycles. The second-order valence-electron chi connectivity index (χ2n) is 6.97. The summed E-state index contributed by atoms with van der Waals surface area (Å²) in [5.41, 5.74) is 2.26. The zero-order chi connectivity index (χ0) is 18.2. The van der Waals surface area contributed by atoms with Crippen LogP contribution in [0, 0.1) is 0 Å². The molecule has 0 spiro atoms. The summed E-state index contributed by atoms with van der Waals surface area (Å²) in [4.78, 5) is 0. The molecular formula is C22H29Cl2NO2. The fraction of sp³-hybridized carbons (Fsp3) is 0.455. The van der Waals surface area contributed by atoms with Gasteiger partial charge in [-0.2, -0.15) is 0 Å². The normalized spacial score (nSPS) is 14.9. The molecule has 0 unspecified atom stereocenters. The fourth-order valence-electron chi connectivity index (χ4n) is 3.47. The first-order valence-corrected chi connectivity index (χ1v) is 9.90. The van der Waals surface area contributed by atoms with E-state index in [4.69, 9.17) is 21.1 Å². The van der Waals surface area contributed by atoms with Crippen molar-refractivity contribution in [2.45, 2.75) is 57.7 Å². The molecule has 1 N–H and O–H groups in total.